The monoisotopic (exact) mass is 377 g/mol. The molecule has 0 bridgehead atoms. The van der Waals surface area contributed by atoms with Gasteiger partial charge in [-0.05, 0) is 42.8 Å². The number of rotatable bonds is 8. The van der Waals surface area contributed by atoms with E-state index in [9.17, 15) is 9.59 Å². The number of hydrogen-bond acceptors (Lipinski definition) is 4. The molecule has 0 aliphatic heterocycles. The smallest absolute Gasteiger partial charge is 0.251 e. The van der Waals surface area contributed by atoms with E-state index in [1.54, 1.807) is 36.6 Å². The lowest BCUT2D eigenvalue weighted by Gasteiger charge is -2.15. The van der Waals surface area contributed by atoms with E-state index in [1.165, 1.54) is 0 Å². The van der Waals surface area contributed by atoms with Crippen LogP contribution in [0.1, 0.15) is 34.6 Å². The number of carbonyl (C=O) groups excluding carboxylic acids is 2. The van der Waals surface area contributed by atoms with Crippen LogP contribution in [0.15, 0.2) is 77.4 Å². The third-order valence-electron chi connectivity index (χ3n) is 4.22. The first-order chi connectivity index (χ1) is 13.6. The van der Waals surface area contributed by atoms with Gasteiger partial charge in [-0.25, -0.2) is 0 Å². The Bertz CT molecular complexity index is 908. The molecule has 2 aromatic carbocycles. The number of nitrogens with one attached hydrogen (secondary N) is 3. The predicted molar refractivity (Wildman–Crippen MR) is 108 cm³/mol. The molecular formula is C22H23N3O3. The van der Waals surface area contributed by atoms with Crippen LogP contribution in [0.2, 0.25) is 0 Å². The zero-order chi connectivity index (χ0) is 19.8. The normalized spacial score (nSPS) is 11.6. The van der Waals surface area contributed by atoms with E-state index >= 15 is 0 Å². The van der Waals surface area contributed by atoms with Crippen molar-refractivity contribution in [2.45, 2.75) is 19.5 Å². The van der Waals surface area contributed by atoms with E-state index in [4.69, 9.17) is 4.42 Å². The lowest BCUT2D eigenvalue weighted by molar-refractivity contribution is -0.115. The second-order valence-corrected chi connectivity index (χ2v) is 6.42. The minimum atomic E-state index is -0.193. The lowest BCUT2D eigenvalue weighted by atomic mass is 10.1. The first-order valence-corrected chi connectivity index (χ1v) is 9.10. The van der Waals surface area contributed by atoms with Crippen LogP contribution in [0.25, 0.3) is 0 Å². The number of carbonyl (C=O) groups is 2. The maximum Gasteiger partial charge on any atom is 0.251 e. The summed E-state index contributed by atoms with van der Waals surface area (Å²) < 4.78 is 5.20. The van der Waals surface area contributed by atoms with Crippen molar-refractivity contribution in [1.82, 2.24) is 10.6 Å². The molecule has 1 heterocycles. The molecule has 1 atom stereocenters. The molecule has 3 aromatic rings. The molecule has 6 nitrogen and oxygen atoms in total. The number of anilines is 1. The Morgan fingerprint density at radius 1 is 1.00 bits per heavy atom. The fourth-order valence-corrected chi connectivity index (χ4v) is 2.76. The van der Waals surface area contributed by atoms with E-state index in [-0.39, 0.29) is 24.4 Å². The Labute approximate surface area is 164 Å². The third kappa shape index (κ3) is 5.56. The highest BCUT2D eigenvalue weighted by Gasteiger charge is 2.12. The molecule has 3 N–H and O–H groups in total. The maximum absolute atomic E-state index is 12.5. The zero-order valence-corrected chi connectivity index (χ0v) is 15.6. The molecule has 2 amide bonds. The summed E-state index contributed by atoms with van der Waals surface area (Å²) in [4.78, 5) is 24.6. The number of hydrogen-bond donors (Lipinski definition) is 3. The predicted octanol–water partition coefficient (Wildman–Crippen LogP) is 3.50. The van der Waals surface area contributed by atoms with Crippen LogP contribution in [0.5, 0.6) is 0 Å². The second-order valence-electron chi connectivity index (χ2n) is 6.42. The van der Waals surface area contributed by atoms with Gasteiger partial charge in [0.2, 0.25) is 5.91 Å². The molecule has 3 rings (SSSR count). The molecule has 1 aromatic heterocycles. The fourth-order valence-electron chi connectivity index (χ4n) is 2.76. The first-order valence-electron chi connectivity index (χ1n) is 9.10. The summed E-state index contributed by atoms with van der Waals surface area (Å²) in [6.45, 7) is 2.55. The largest absolute Gasteiger partial charge is 0.468 e. The van der Waals surface area contributed by atoms with Crippen LogP contribution in [0.3, 0.4) is 0 Å². The summed E-state index contributed by atoms with van der Waals surface area (Å²) in [5.41, 5.74) is 2.09. The molecule has 28 heavy (non-hydrogen) atoms. The van der Waals surface area contributed by atoms with E-state index in [1.807, 2.05) is 43.3 Å². The Kier molecular flexibility index (Phi) is 6.59. The van der Waals surface area contributed by atoms with E-state index in [0.29, 0.717) is 17.8 Å². The average molecular weight is 377 g/mol. The molecule has 1 unspecified atom stereocenters. The van der Waals surface area contributed by atoms with Gasteiger partial charge in [0.15, 0.2) is 0 Å². The summed E-state index contributed by atoms with van der Waals surface area (Å²) >= 11 is 0. The van der Waals surface area contributed by atoms with Crippen LogP contribution in [0, 0.1) is 0 Å². The molecule has 6 heteroatoms. The molecule has 0 aliphatic carbocycles. The molecule has 0 spiro atoms. The van der Waals surface area contributed by atoms with Crippen molar-refractivity contribution < 1.29 is 14.0 Å². The lowest BCUT2D eigenvalue weighted by Crippen LogP contribution is -2.28. The van der Waals surface area contributed by atoms with Crippen molar-refractivity contribution in [1.29, 1.82) is 0 Å². The Morgan fingerprint density at radius 3 is 2.57 bits per heavy atom. The van der Waals surface area contributed by atoms with Gasteiger partial charge in [0.1, 0.15) is 5.76 Å². The van der Waals surface area contributed by atoms with Crippen molar-refractivity contribution in [3.63, 3.8) is 0 Å². The maximum atomic E-state index is 12.5. The summed E-state index contributed by atoms with van der Waals surface area (Å²) in [6.07, 6.45) is 1.59. The zero-order valence-electron chi connectivity index (χ0n) is 15.6. The third-order valence-corrected chi connectivity index (χ3v) is 4.22. The number of amides is 2. The van der Waals surface area contributed by atoms with Crippen LogP contribution in [-0.4, -0.2) is 18.4 Å². The topological polar surface area (TPSA) is 83.4 Å². The van der Waals surface area contributed by atoms with E-state index < -0.39 is 0 Å². The van der Waals surface area contributed by atoms with Crippen LogP contribution in [-0.2, 0) is 11.3 Å². The second kappa shape index (κ2) is 9.53. The van der Waals surface area contributed by atoms with Gasteiger partial charge < -0.3 is 20.4 Å². The molecule has 0 aliphatic rings. The van der Waals surface area contributed by atoms with Gasteiger partial charge in [0.05, 0.1) is 25.4 Å². The quantitative estimate of drug-likeness (QED) is 0.561. The molecule has 0 radical (unpaired) electrons. The number of furan rings is 1. The van der Waals surface area contributed by atoms with Crippen molar-refractivity contribution in [3.8, 4) is 0 Å². The average Bonchev–Trinajstić information content (AvgIpc) is 3.22. The standard InChI is InChI=1S/C22H23N3O3/c1-16(17-7-3-2-4-8-17)24-22(27)18-9-5-10-19(13-18)25-21(26)15-23-14-20-11-6-12-28-20/h2-13,16,23H,14-15H2,1H3,(H,24,27)(H,25,26). The van der Waals surface area contributed by atoms with Gasteiger partial charge >= 0.3 is 0 Å². The van der Waals surface area contributed by atoms with Gasteiger partial charge in [-0.2, -0.15) is 0 Å². The highest BCUT2D eigenvalue weighted by Crippen LogP contribution is 2.15. The molecular weight excluding hydrogens is 354 g/mol. The van der Waals surface area contributed by atoms with Crippen molar-refractivity contribution in [3.05, 3.63) is 89.9 Å². The molecule has 0 fully saturated rings. The van der Waals surface area contributed by atoms with Crippen molar-refractivity contribution in [2.24, 2.45) is 0 Å². The van der Waals surface area contributed by atoms with Crippen LogP contribution in [0.4, 0.5) is 5.69 Å². The minimum absolute atomic E-state index is 0.113. The van der Waals surface area contributed by atoms with Gasteiger partial charge in [0, 0.05) is 11.3 Å². The Balaban J connectivity index is 1.52. The van der Waals surface area contributed by atoms with E-state index in [0.717, 1.165) is 11.3 Å². The molecule has 0 saturated carbocycles. The van der Waals surface area contributed by atoms with Crippen molar-refractivity contribution >= 4 is 17.5 Å². The highest BCUT2D eigenvalue weighted by molar-refractivity contribution is 5.97. The van der Waals surface area contributed by atoms with Crippen molar-refractivity contribution in [2.75, 3.05) is 11.9 Å². The summed E-state index contributed by atoms with van der Waals surface area (Å²) in [5.74, 6) is 0.379. The summed E-state index contributed by atoms with van der Waals surface area (Å²) in [5, 5.41) is 8.76. The summed E-state index contributed by atoms with van der Waals surface area (Å²) in [6, 6.07) is 20.2. The van der Waals surface area contributed by atoms with Crippen LogP contribution < -0.4 is 16.0 Å². The Morgan fingerprint density at radius 2 is 1.82 bits per heavy atom. The number of benzene rings is 2. The molecule has 144 valence electrons. The minimum Gasteiger partial charge on any atom is -0.468 e. The highest BCUT2D eigenvalue weighted by atomic mass is 16.3. The molecule has 0 saturated heterocycles. The van der Waals surface area contributed by atoms with Gasteiger partial charge in [-0.15, -0.1) is 0 Å². The SMILES string of the molecule is CC(NC(=O)c1cccc(NC(=O)CNCc2ccco2)c1)c1ccccc1. The Hall–Kier alpha value is -3.38. The summed E-state index contributed by atoms with van der Waals surface area (Å²) in [7, 11) is 0. The van der Waals surface area contributed by atoms with Gasteiger partial charge in [-0.3, -0.25) is 9.59 Å². The van der Waals surface area contributed by atoms with E-state index in [2.05, 4.69) is 16.0 Å². The van der Waals surface area contributed by atoms with Gasteiger partial charge in [0.25, 0.3) is 5.91 Å². The van der Waals surface area contributed by atoms with Gasteiger partial charge in [-0.1, -0.05) is 36.4 Å². The fraction of sp³-hybridized carbons (Fsp3) is 0.182. The first kappa shape index (κ1) is 19.4. The van der Waals surface area contributed by atoms with Crippen LogP contribution >= 0.6 is 0 Å².